The number of carbonyl (C=O) groups excluding carboxylic acids is 1. The lowest BCUT2D eigenvalue weighted by molar-refractivity contribution is 0.155. The Balaban J connectivity index is 1.43. The molecular weight excluding hydrogens is 371 g/mol. The van der Waals surface area contributed by atoms with Crippen LogP contribution in [0.2, 0.25) is 0 Å². The van der Waals surface area contributed by atoms with Gasteiger partial charge in [0.2, 0.25) is 0 Å². The zero-order chi connectivity index (χ0) is 20.1. The molecule has 144 valence electrons. The van der Waals surface area contributed by atoms with E-state index >= 15 is 0 Å². The molecule has 2 aromatic heterocycles. The number of carbonyl (C=O) groups is 1. The van der Waals surface area contributed by atoms with Crippen LogP contribution in [0.15, 0.2) is 85.2 Å². The predicted molar refractivity (Wildman–Crippen MR) is 107 cm³/mol. The van der Waals surface area contributed by atoms with Crippen LogP contribution < -0.4 is 5.32 Å². The number of ether oxygens (including phenoxy) is 1. The molecule has 0 fully saturated rings. The van der Waals surface area contributed by atoms with E-state index in [-0.39, 0.29) is 12.3 Å². The molecule has 1 amide bonds. The van der Waals surface area contributed by atoms with Crippen LogP contribution in [0, 0.1) is 5.82 Å². The first-order valence-corrected chi connectivity index (χ1v) is 8.94. The minimum atomic E-state index is -0.655. The summed E-state index contributed by atoms with van der Waals surface area (Å²) in [4.78, 5) is 16.2. The highest BCUT2D eigenvalue weighted by Gasteiger charge is 2.11. The second kappa shape index (κ2) is 8.35. The number of aromatic nitrogens is 3. The molecule has 2 heterocycles. The van der Waals surface area contributed by atoms with Gasteiger partial charge >= 0.3 is 6.09 Å². The van der Waals surface area contributed by atoms with Crippen molar-refractivity contribution >= 4 is 11.8 Å². The van der Waals surface area contributed by atoms with Gasteiger partial charge in [-0.1, -0.05) is 36.4 Å². The van der Waals surface area contributed by atoms with Crippen molar-refractivity contribution in [1.82, 2.24) is 14.8 Å². The van der Waals surface area contributed by atoms with Crippen LogP contribution in [0.5, 0.6) is 0 Å². The molecule has 4 rings (SSSR count). The summed E-state index contributed by atoms with van der Waals surface area (Å²) >= 11 is 0. The third-order valence-electron chi connectivity index (χ3n) is 4.17. The molecule has 0 aliphatic rings. The highest BCUT2D eigenvalue weighted by molar-refractivity contribution is 5.84. The van der Waals surface area contributed by atoms with Crippen LogP contribution in [0.4, 0.5) is 14.9 Å². The molecule has 0 aliphatic carbocycles. The molecule has 29 heavy (non-hydrogen) atoms. The molecule has 0 bridgehead atoms. The second-order valence-corrected chi connectivity index (χ2v) is 6.21. The minimum absolute atomic E-state index is 0.136. The maximum atomic E-state index is 14.6. The molecule has 1 N–H and O–H groups in total. The second-order valence-electron chi connectivity index (χ2n) is 6.21. The van der Waals surface area contributed by atoms with E-state index < -0.39 is 11.9 Å². The molecule has 0 saturated heterocycles. The molecule has 2 aromatic carbocycles. The van der Waals surface area contributed by atoms with E-state index in [4.69, 9.17) is 4.74 Å². The molecule has 0 unspecified atom stereocenters. The van der Waals surface area contributed by atoms with Gasteiger partial charge in [0.15, 0.2) is 5.82 Å². The van der Waals surface area contributed by atoms with Crippen molar-refractivity contribution in [3.8, 4) is 17.1 Å². The van der Waals surface area contributed by atoms with Gasteiger partial charge in [0.25, 0.3) is 0 Å². The minimum Gasteiger partial charge on any atom is -0.444 e. The number of halogens is 1. The van der Waals surface area contributed by atoms with Crippen LogP contribution >= 0.6 is 0 Å². The predicted octanol–water partition coefficient (Wildman–Crippen LogP) is 4.82. The standard InChI is InChI=1S/C22H17FN4O2/c23-18-14-17(25-22(28)29-15-16-6-2-1-3-7-16)9-10-21(18)27-13-11-20(26-27)19-8-4-5-12-24-19/h1-14H,15H2,(H,25,28). The van der Waals surface area contributed by atoms with Gasteiger partial charge in [-0.3, -0.25) is 10.3 Å². The normalized spacial score (nSPS) is 10.5. The van der Waals surface area contributed by atoms with Crippen LogP contribution in [-0.2, 0) is 11.3 Å². The summed E-state index contributed by atoms with van der Waals surface area (Å²) in [5.41, 5.74) is 2.76. The Morgan fingerprint density at radius 3 is 2.59 bits per heavy atom. The van der Waals surface area contributed by atoms with Gasteiger partial charge < -0.3 is 4.74 Å². The van der Waals surface area contributed by atoms with Crippen molar-refractivity contribution in [2.75, 3.05) is 5.32 Å². The number of hydrogen-bond donors (Lipinski definition) is 1. The number of benzene rings is 2. The summed E-state index contributed by atoms with van der Waals surface area (Å²) in [5.74, 6) is -0.526. The van der Waals surface area contributed by atoms with Crippen molar-refractivity contribution in [1.29, 1.82) is 0 Å². The fourth-order valence-corrected chi connectivity index (χ4v) is 2.76. The Kier molecular flexibility index (Phi) is 5.29. The summed E-state index contributed by atoms with van der Waals surface area (Å²) in [5, 5.41) is 6.89. The molecule has 6 nitrogen and oxygen atoms in total. The fourth-order valence-electron chi connectivity index (χ4n) is 2.76. The monoisotopic (exact) mass is 388 g/mol. The first-order valence-electron chi connectivity index (χ1n) is 8.94. The Bertz CT molecular complexity index is 1110. The molecular formula is C22H17FN4O2. The maximum Gasteiger partial charge on any atom is 0.411 e. The largest absolute Gasteiger partial charge is 0.444 e. The number of nitrogens with one attached hydrogen (secondary N) is 1. The summed E-state index contributed by atoms with van der Waals surface area (Å²) in [7, 11) is 0. The number of pyridine rings is 1. The zero-order valence-electron chi connectivity index (χ0n) is 15.3. The van der Waals surface area contributed by atoms with Crippen molar-refractivity contribution in [3.63, 3.8) is 0 Å². The molecule has 0 radical (unpaired) electrons. The molecule has 0 aliphatic heterocycles. The third kappa shape index (κ3) is 4.47. The summed E-state index contributed by atoms with van der Waals surface area (Å²) in [6, 6.07) is 20.9. The molecule has 7 heteroatoms. The van der Waals surface area contributed by atoms with E-state index in [1.807, 2.05) is 48.5 Å². The Morgan fingerprint density at radius 1 is 1.00 bits per heavy atom. The molecule has 4 aromatic rings. The number of rotatable bonds is 5. The van der Waals surface area contributed by atoms with Gasteiger partial charge in [0, 0.05) is 18.1 Å². The topological polar surface area (TPSA) is 69.0 Å². The van der Waals surface area contributed by atoms with E-state index in [9.17, 15) is 9.18 Å². The van der Waals surface area contributed by atoms with Crippen LogP contribution in [0.1, 0.15) is 5.56 Å². The van der Waals surface area contributed by atoms with Gasteiger partial charge in [-0.15, -0.1) is 0 Å². The first kappa shape index (κ1) is 18.4. The van der Waals surface area contributed by atoms with Crippen LogP contribution in [0.25, 0.3) is 17.1 Å². The lowest BCUT2D eigenvalue weighted by Crippen LogP contribution is -2.14. The highest BCUT2D eigenvalue weighted by atomic mass is 19.1. The lowest BCUT2D eigenvalue weighted by Gasteiger charge is -2.09. The molecule has 0 spiro atoms. The third-order valence-corrected chi connectivity index (χ3v) is 4.17. The molecule has 0 atom stereocenters. The van der Waals surface area contributed by atoms with Crippen molar-refractivity contribution < 1.29 is 13.9 Å². The smallest absolute Gasteiger partial charge is 0.411 e. The number of hydrogen-bond acceptors (Lipinski definition) is 4. The lowest BCUT2D eigenvalue weighted by atomic mass is 10.2. The highest BCUT2D eigenvalue weighted by Crippen LogP contribution is 2.21. The van der Waals surface area contributed by atoms with Crippen molar-refractivity contribution in [2.24, 2.45) is 0 Å². The van der Waals surface area contributed by atoms with E-state index in [0.29, 0.717) is 17.1 Å². The van der Waals surface area contributed by atoms with E-state index in [0.717, 1.165) is 5.56 Å². The number of amides is 1. The van der Waals surface area contributed by atoms with Gasteiger partial charge in [0.1, 0.15) is 18.0 Å². The summed E-state index contributed by atoms with van der Waals surface area (Å²) in [6.07, 6.45) is 2.67. The van der Waals surface area contributed by atoms with Crippen LogP contribution in [0.3, 0.4) is 0 Å². The number of nitrogens with zero attached hydrogens (tertiary/aromatic N) is 3. The molecule has 0 saturated carbocycles. The van der Waals surface area contributed by atoms with E-state index in [1.165, 1.54) is 16.8 Å². The fraction of sp³-hybridized carbons (Fsp3) is 0.0455. The van der Waals surface area contributed by atoms with Gasteiger partial charge in [0.05, 0.1) is 5.69 Å². The average Bonchev–Trinajstić information content (AvgIpc) is 3.24. The van der Waals surface area contributed by atoms with Gasteiger partial charge in [-0.25, -0.2) is 13.9 Å². The van der Waals surface area contributed by atoms with Crippen LogP contribution in [-0.4, -0.2) is 20.9 Å². The number of anilines is 1. The Labute approximate surface area is 166 Å². The van der Waals surface area contributed by atoms with E-state index in [1.54, 1.807) is 24.5 Å². The Morgan fingerprint density at radius 2 is 1.83 bits per heavy atom. The van der Waals surface area contributed by atoms with Gasteiger partial charge in [-0.2, -0.15) is 5.10 Å². The summed E-state index contributed by atoms with van der Waals surface area (Å²) in [6.45, 7) is 0.136. The maximum absolute atomic E-state index is 14.6. The van der Waals surface area contributed by atoms with Crippen molar-refractivity contribution in [3.05, 3.63) is 96.6 Å². The SMILES string of the molecule is O=C(Nc1ccc(-n2ccc(-c3ccccn3)n2)c(F)c1)OCc1ccccc1. The summed E-state index contributed by atoms with van der Waals surface area (Å²) < 4.78 is 21.1. The zero-order valence-corrected chi connectivity index (χ0v) is 15.3. The van der Waals surface area contributed by atoms with Crippen molar-refractivity contribution in [2.45, 2.75) is 6.61 Å². The quantitative estimate of drug-likeness (QED) is 0.532. The first-order chi connectivity index (χ1) is 14.2. The average molecular weight is 388 g/mol. The Hall–Kier alpha value is -4.00. The van der Waals surface area contributed by atoms with E-state index in [2.05, 4.69) is 15.4 Å². The van der Waals surface area contributed by atoms with Gasteiger partial charge in [-0.05, 0) is 42.0 Å².